The van der Waals surface area contributed by atoms with Gasteiger partial charge in [-0.05, 0) is 31.5 Å². The number of nitrogens with one attached hydrogen (secondary N) is 1. The Balaban J connectivity index is 0.000000661. The average Bonchev–Trinajstić information content (AvgIpc) is 2.90. The molecular formula is C23H51NO9Si2. The van der Waals surface area contributed by atoms with E-state index in [0.29, 0.717) is 39.6 Å². The molecule has 0 aromatic heterocycles. The summed E-state index contributed by atoms with van der Waals surface area (Å²) >= 11 is 0. The Morgan fingerprint density at radius 3 is 1.54 bits per heavy atom. The van der Waals surface area contributed by atoms with E-state index in [2.05, 4.69) is 11.9 Å². The van der Waals surface area contributed by atoms with E-state index in [1.54, 1.807) is 48.4 Å². The van der Waals surface area contributed by atoms with Crippen LogP contribution in [-0.4, -0.2) is 112 Å². The normalized spacial score (nSPS) is 15.0. The second kappa shape index (κ2) is 22.9. The summed E-state index contributed by atoms with van der Waals surface area (Å²) in [4.78, 5) is 0. The molecule has 0 amide bonds. The van der Waals surface area contributed by atoms with E-state index in [0.717, 1.165) is 25.1 Å². The predicted octanol–water partition coefficient (Wildman–Crippen LogP) is 2.82. The summed E-state index contributed by atoms with van der Waals surface area (Å²) in [5, 5.41) is 3.62. The van der Waals surface area contributed by atoms with E-state index in [4.69, 9.17) is 40.8 Å². The Kier molecular flexibility index (Phi) is 22.8. The largest absolute Gasteiger partial charge is 0.529 e. The van der Waals surface area contributed by atoms with Gasteiger partial charge >= 0.3 is 17.6 Å². The van der Waals surface area contributed by atoms with Gasteiger partial charge in [-0.1, -0.05) is 25.8 Å². The van der Waals surface area contributed by atoms with Crippen LogP contribution < -0.4 is 5.32 Å². The van der Waals surface area contributed by atoms with Gasteiger partial charge in [0.15, 0.2) is 0 Å². The first-order chi connectivity index (χ1) is 17.0. The fourth-order valence-corrected chi connectivity index (χ4v) is 7.01. The van der Waals surface area contributed by atoms with Crippen LogP contribution in [0.1, 0.15) is 38.5 Å². The summed E-state index contributed by atoms with van der Waals surface area (Å²) in [5.41, 5.74) is 1.61. The van der Waals surface area contributed by atoms with Gasteiger partial charge in [0.05, 0.1) is 39.6 Å². The van der Waals surface area contributed by atoms with E-state index in [1.807, 2.05) is 0 Å². The van der Waals surface area contributed by atoms with Crippen LogP contribution in [0.25, 0.3) is 0 Å². The molecule has 1 rings (SSSR count). The lowest BCUT2D eigenvalue weighted by Gasteiger charge is -2.26. The molecule has 1 aliphatic carbocycles. The minimum absolute atomic E-state index is 0.398. The van der Waals surface area contributed by atoms with Crippen molar-refractivity contribution in [2.24, 2.45) is 0 Å². The Labute approximate surface area is 215 Å². The summed E-state index contributed by atoms with van der Waals surface area (Å²) in [6.45, 7) is 7.39. The average molecular weight is 542 g/mol. The number of methoxy groups -OCH3 is 3. The van der Waals surface area contributed by atoms with Gasteiger partial charge in [0, 0.05) is 54.7 Å². The smallest absolute Gasteiger partial charge is 0.382 e. The first-order valence-electron chi connectivity index (χ1n) is 12.4. The summed E-state index contributed by atoms with van der Waals surface area (Å²) in [6, 6.07) is 1.61. The molecular weight excluding hydrogens is 490 g/mol. The van der Waals surface area contributed by atoms with Crippen molar-refractivity contribution < 1.29 is 40.8 Å². The summed E-state index contributed by atoms with van der Waals surface area (Å²) < 4.78 is 47.9. The third-order valence-corrected chi connectivity index (χ3v) is 10.8. The molecule has 0 atom stereocenters. The molecule has 0 saturated heterocycles. The molecule has 0 aromatic carbocycles. The highest BCUT2D eigenvalue weighted by Gasteiger charge is 2.38. The maximum absolute atomic E-state index is 5.65. The van der Waals surface area contributed by atoms with Gasteiger partial charge in [-0.15, -0.1) is 0 Å². The molecule has 1 N–H and O–H groups in total. The Morgan fingerprint density at radius 2 is 1.17 bits per heavy atom. The molecule has 0 radical (unpaired) electrons. The Morgan fingerprint density at radius 1 is 0.714 bits per heavy atom. The molecule has 1 aliphatic rings. The Bertz CT molecular complexity index is 447. The maximum atomic E-state index is 5.65. The van der Waals surface area contributed by atoms with Gasteiger partial charge in [-0.3, -0.25) is 0 Å². The van der Waals surface area contributed by atoms with Crippen molar-refractivity contribution in [2.75, 3.05) is 88.8 Å². The van der Waals surface area contributed by atoms with Crippen LogP contribution >= 0.6 is 0 Å². The summed E-state index contributed by atoms with van der Waals surface area (Å²) in [7, 11) is 4.65. The number of hydrogen-bond acceptors (Lipinski definition) is 10. The fraction of sp³-hybridized carbons (Fsp3) is 0.913. The topological polar surface area (TPSA) is 95.1 Å². The SMILES string of the molecule is C=C[Si](OCCOC)(OCCOC)OCCOC.CO[Si](CCCNC1CCCCC1)(OC)OC. The quantitative estimate of drug-likeness (QED) is 0.173. The summed E-state index contributed by atoms with van der Waals surface area (Å²) in [5.74, 6) is 0. The van der Waals surface area contributed by atoms with Crippen LogP contribution in [0.3, 0.4) is 0 Å². The van der Waals surface area contributed by atoms with E-state index >= 15 is 0 Å². The zero-order chi connectivity index (χ0) is 26.3. The zero-order valence-electron chi connectivity index (χ0n) is 22.9. The van der Waals surface area contributed by atoms with E-state index in [9.17, 15) is 0 Å². The van der Waals surface area contributed by atoms with Gasteiger partial charge in [0.2, 0.25) is 0 Å². The van der Waals surface area contributed by atoms with Crippen LogP contribution in [0.2, 0.25) is 6.04 Å². The van der Waals surface area contributed by atoms with Crippen molar-refractivity contribution in [2.45, 2.75) is 50.6 Å². The highest BCUT2D eigenvalue weighted by molar-refractivity contribution is 6.66. The first-order valence-corrected chi connectivity index (χ1v) is 16.1. The minimum Gasteiger partial charge on any atom is -0.382 e. The van der Waals surface area contributed by atoms with Gasteiger partial charge in [0.25, 0.3) is 0 Å². The third kappa shape index (κ3) is 16.3. The molecule has 1 fully saturated rings. The van der Waals surface area contributed by atoms with Crippen molar-refractivity contribution in [3.63, 3.8) is 0 Å². The molecule has 0 heterocycles. The molecule has 210 valence electrons. The highest BCUT2D eigenvalue weighted by Crippen LogP contribution is 2.18. The second-order valence-electron chi connectivity index (χ2n) is 8.02. The fourth-order valence-electron chi connectivity index (χ4n) is 3.58. The van der Waals surface area contributed by atoms with Gasteiger partial charge in [-0.2, -0.15) is 0 Å². The van der Waals surface area contributed by atoms with Crippen LogP contribution in [0.15, 0.2) is 12.3 Å². The lowest BCUT2D eigenvalue weighted by atomic mass is 9.95. The molecule has 12 heteroatoms. The van der Waals surface area contributed by atoms with Crippen molar-refractivity contribution >= 4 is 17.6 Å². The molecule has 0 bridgehead atoms. The molecule has 1 saturated carbocycles. The minimum atomic E-state index is -2.86. The molecule has 0 aromatic rings. The van der Waals surface area contributed by atoms with Crippen molar-refractivity contribution in [3.8, 4) is 0 Å². The highest BCUT2D eigenvalue weighted by atomic mass is 28.4. The number of rotatable bonds is 21. The van der Waals surface area contributed by atoms with Crippen LogP contribution in [-0.2, 0) is 40.8 Å². The van der Waals surface area contributed by atoms with Crippen LogP contribution in [0.4, 0.5) is 0 Å². The lowest BCUT2D eigenvalue weighted by molar-refractivity contribution is 0.0232. The molecule has 10 nitrogen and oxygen atoms in total. The van der Waals surface area contributed by atoms with Gasteiger partial charge < -0.3 is 46.1 Å². The first kappa shape index (κ1) is 34.8. The Hall–Kier alpha value is -0.226. The maximum Gasteiger partial charge on any atom is 0.529 e. The number of ether oxygens (including phenoxy) is 3. The van der Waals surface area contributed by atoms with E-state index in [-0.39, 0.29) is 0 Å². The monoisotopic (exact) mass is 541 g/mol. The van der Waals surface area contributed by atoms with Crippen molar-refractivity contribution in [1.29, 1.82) is 0 Å². The standard InChI is InChI=1S/C12H27NO3Si.C11H24O6Si/c1-14-17(15-2,16-3)11-7-10-13-12-8-5-4-6-9-12;1-5-18(15-9-6-12-2,16-10-7-13-3)17-11-8-14-4/h12-13H,4-11H2,1-3H3;5H,1,6-11H2,2-4H3. The molecule has 0 aliphatic heterocycles. The zero-order valence-corrected chi connectivity index (χ0v) is 24.9. The lowest BCUT2D eigenvalue weighted by Crippen LogP contribution is -2.46. The van der Waals surface area contributed by atoms with Crippen LogP contribution in [0, 0.1) is 0 Å². The summed E-state index contributed by atoms with van der Waals surface area (Å²) in [6.07, 6.45) is 7.89. The molecule has 35 heavy (non-hydrogen) atoms. The third-order valence-electron chi connectivity index (χ3n) is 5.65. The van der Waals surface area contributed by atoms with Crippen molar-refractivity contribution in [3.05, 3.63) is 12.3 Å². The second-order valence-corrected chi connectivity index (χ2v) is 13.6. The van der Waals surface area contributed by atoms with E-state index in [1.165, 1.54) is 32.1 Å². The molecule has 0 spiro atoms. The van der Waals surface area contributed by atoms with E-state index < -0.39 is 17.6 Å². The van der Waals surface area contributed by atoms with Gasteiger partial charge in [0.1, 0.15) is 0 Å². The molecule has 0 unspecified atom stereocenters. The van der Waals surface area contributed by atoms with Crippen LogP contribution in [0.5, 0.6) is 0 Å². The predicted molar refractivity (Wildman–Crippen MR) is 141 cm³/mol. The number of hydrogen-bond donors (Lipinski definition) is 1. The van der Waals surface area contributed by atoms with Gasteiger partial charge in [-0.25, -0.2) is 0 Å². The van der Waals surface area contributed by atoms with Crippen molar-refractivity contribution in [1.82, 2.24) is 5.32 Å².